The maximum Gasteiger partial charge on any atom is 0.335 e. The maximum atomic E-state index is 13.0. The highest BCUT2D eigenvalue weighted by Crippen LogP contribution is 2.37. The van der Waals surface area contributed by atoms with Crippen LogP contribution < -0.4 is 19.7 Å². The molecule has 0 bridgehead atoms. The van der Waals surface area contributed by atoms with Crippen molar-refractivity contribution in [1.29, 1.82) is 0 Å². The van der Waals surface area contributed by atoms with Crippen molar-refractivity contribution in [3.8, 4) is 11.5 Å². The molecule has 1 saturated heterocycles. The van der Waals surface area contributed by atoms with Crippen molar-refractivity contribution in [1.82, 2.24) is 5.32 Å². The number of amides is 4. The van der Waals surface area contributed by atoms with Crippen LogP contribution in [0.25, 0.3) is 6.08 Å². The standard InChI is InChI=1S/C21H18BrClN2O5/c1-3-29-17-10-12(9-16(22)18(17)30-4-2)8-15-19(26)24-21(28)25(20(15)27)14-7-5-6-13(23)11-14/h5-11H,3-4H2,1-2H3,(H,24,26,28)/b15-8+. The van der Waals surface area contributed by atoms with Gasteiger partial charge in [0.1, 0.15) is 5.57 Å². The number of anilines is 1. The predicted molar refractivity (Wildman–Crippen MR) is 117 cm³/mol. The van der Waals surface area contributed by atoms with E-state index in [1.54, 1.807) is 30.3 Å². The average Bonchev–Trinajstić information content (AvgIpc) is 2.68. The SMILES string of the molecule is CCOc1cc(/C=C2\C(=O)NC(=O)N(c3cccc(Cl)c3)C2=O)cc(Br)c1OCC. The number of carbonyl (C=O) groups is 3. The minimum Gasteiger partial charge on any atom is -0.490 e. The number of barbiturate groups is 1. The highest BCUT2D eigenvalue weighted by atomic mass is 79.9. The molecule has 1 fully saturated rings. The van der Waals surface area contributed by atoms with Crippen molar-refractivity contribution < 1.29 is 23.9 Å². The summed E-state index contributed by atoms with van der Waals surface area (Å²) in [6.07, 6.45) is 1.39. The number of hydrogen-bond donors (Lipinski definition) is 1. The fourth-order valence-electron chi connectivity index (χ4n) is 2.89. The van der Waals surface area contributed by atoms with E-state index in [1.807, 2.05) is 13.8 Å². The highest BCUT2D eigenvalue weighted by Gasteiger charge is 2.37. The van der Waals surface area contributed by atoms with E-state index in [0.29, 0.717) is 39.8 Å². The molecule has 0 unspecified atom stereocenters. The molecule has 1 N–H and O–H groups in total. The van der Waals surface area contributed by atoms with E-state index in [0.717, 1.165) is 4.90 Å². The molecule has 0 aromatic heterocycles. The smallest absolute Gasteiger partial charge is 0.335 e. The van der Waals surface area contributed by atoms with Gasteiger partial charge < -0.3 is 9.47 Å². The molecule has 0 saturated carbocycles. The summed E-state index contributed by atoms with van der Waals surface area (Å²) in [5.41, 5.74) is 0.576. The van der Waals surface area contributed by atoms with Gasteiger partial charge in [0.05, 0.1) is 23.4 Å². The van der Waals surface area contributed by atoms with Gasteiger partial charge in [-0.2, -0.15) is 0 Å². The normalized spacial score (nSPS) is 15.4. The minimum absolute atomic E-state index is 0.201. The van der Waals surface area contributed by atoms with Gasteiger partial charge >= 0.3 is 6.03 Å². The molecule has 9 heteroatoms. The Morgan fingerprint density at radius 2 is 1.83 bits per heavy atom. The van der Waals surface area contributed by atoms with E-state index in [2.05, 4.69) is 21.2 Å². The first kappa shape index (κ1) is 21.9. The zero-order valence-corrected chi connectivity index (χ0v) is 18.5. The Morgan fingerprint density at radius 3 is 2.50 bits per heavy atom. The topological polar surface area (TPSA) is 84.9 Å². The first-order chi connectivity index (χ1) is 14.3. The van der Waals surface area contributed by atoms with Gasteiger partial charge in [-0.05, 0) is 71.7 Å². The number of imide groups is 2. The zero-order valence-electron chi connectivity index (χ0n) is 16.2. The van der Waals surface area contributed by atoms with Crippen LogP contribution in [-0.4, -0.2) is 31.1 Å². The molecule has 2 aromatic rings. The Hall–Kier alpha value is -2.84. The molecule has 1 aliphatic rings. The van der Waals surface area contributed by atoms with Gasteiger partial charge in [0.2, 0.25) is 0 Å². The molecule has 1 aliphatic heterocycles. The summed E-state index contributed by atoms with van der Waals surface area (Å²) < 4.78 is 11.8. The van der Waals surface area contributed by atoms with Crippen molar-refractivity contribution in [2.45, 2.75) is 13.8 Å². The monoisotopic (exact) mass is 492 g/mol. The average molecular weight is 494 g/mol. The van der Waals surface area contributed by atoms with Crippen LogP contribution >= 0.6 is 27.5 Å². The number of rotatable bonds is 6. The van der Waals surface area contributed by atoms with Crippen LogP contribution in [-0.2, 0) is 9.59 Å². The molecule has 0 spiro atoms. The van der Waals surface area contributed by atoms with E-state index in [9.17, 15) is 14.4 Å². The molecule has 0 radical (unpaired) electrons. The van der Waals surface area contributed by atoms with Crippen LogP contribution in [0.1, 0.15) is 19.4 Å². The Kier molecular flexibility index (Phi) is 6.79. The van der Waals surface area contributed by atoms with Gasteiger partial charge in [-0.1, -0.05) is 17.7 Å². The van der Waals surface area contributed by atoms with Crippen LogP contribution in [0.4, 0.5) is 10.5 Å². The van der Waals surface area contributed by atoms with Gasteiger partial charge in [0.25, 0.3) is 11.8 Å². The summed E-state index contributed by atoms with van der Waals surface area (Å²) in [7, 11) is 0. The van der Waals surface area contributed by atoms with Gasteiger partial charge in [-0.25, -0.2) is 9.69 Å². The number of benzene rings is 2. The molecule has 4 amide bonds. The van der Waals surface area contributed by atoms with Crippen LogP contribution in [0.15, 0.2) is 46.4 Å². The van der Waals surface area contributed by atoms with E-state index < -0.39 is 17.8 Å². The number of carbonyl (C=O) groups excluding carboxylic acids is 3. The maximum absolute atomic E-state index is 13.0. The van der Waals surface area contributed by atoms with Crippen molar-refractivity contribution >= 4 is 57.1 Å². The van der Waals surface area contributed by atoms with Crippen molar-refractivity contribution in [2.24, 2.45) is 0 Å². The molecule has 2 aromatic carbocycles. The quantitative estimate of drug-likeness (QED) is 0.471. The lowest BCUT2D eigenvalue weighted by atomic mass is 10.1. The fourth-order valence-corrected chi connectivity index (χ4v) is 3.65. The molecule has 1 heterocycles. The summed E-state index contributed by atoms with van der Waals surface area (Å²) in [5.74, 6) is -0.552. The van der Waals surface area contributed by atoms with E-state index in [1.165, 1.54) is 12.1 Å². The zero-order chi connectivity index (χ0) is 21.8. The summed E-state index contributed by atoms with van der Waals surface area (Å²) in [6, 6.07) is 8.76. The summed E-state index contributed by atoms with van der Waals surface area (Å²) in [5, 5.41) is 2.54. The summed E-state index contributed by atoms with van der Waals surface area (Å²) in [4.78, 5) is 38.5. The first-order valence-corrected chi connectivity index (χ1v) is 10.3. The van der Waals surface area contributed by atoms with E-state index in [4.69, 9.17) is 21.1 Å². The Labute approximate surface area is 186 Å². The van der Waals surface area contributed by atoms with Gasteiger partial charge in [-0.15, -0.1) is 0 Å². The number of nitrogens with zero attached hydrogens (tertiary/aromatic N) is 1. The number of nitrogens with one attached hydrogen (secondary N) is 1. The number of halogens is 2. The molecule has 3 rings (SSSR count). The highest BCUT2D eigenvalue weighted by molar-refractivity contribution is 9.10. The Bertz CT molecular complexity index is 1050. The van der Waals surface area contributed by atoms with Crippen LogP contribution in [0, 0.1) is 0 Å². The second kappa shape index (κ2) is 9.32. The van der Waals surface area contributed by atoms with Gasteiger partial charge in [0, 0.05) is 5.02 Å². The van der Waals surface area contributed by atoms with E-state index >= 15 is 0 Å². The number of ether oxygens (including phenoxy) is 2. The van der Waals surface area contributed by atoms with Crippen molar-refractivity contribution in [3.63, 3.8) is 0 Å². The third-order valence-corrected chi connectivity index (χ3v) is 4.92. The third-order valence-electron chi connectivity index (χ3n) is 4.10. The predicted octanol–water partition coefficient (Wildman–Crippen LogP) is 4.57. The lowest BCUT2D eigenvalue weighted by Gasteiger charge is -2.26. The van der Waals surface area contributed by atoms with E-state index in [-0.39, 0.29) is 11.3 Å². The summed E-state index contributed by atoms with van der Waals surface area (Å²) in [6.45, 7) is 4.53. The lowest BCUT2D eigenvalue weighted by molar-refractivity contribution is -0.122. The second-order valence-corrected chi connectivity index (χ2v) is 7.42. The molecule has 156 valence electrons. The molecule has 0 aliphatic carbocycles. The molecular formula is C21H18BrClN2O5. The minimum atomic E-state index is -0.840. The molecule has 7 nitrogen and oxygen atoms in total. The Morgan fingerprint density at radius 1 is 1.10 bits per heavy atom. The second-order valence-electron chi connectivity index (χ2n) is 6.13. The summed E-state index contributed by atoms with van der Waals surface area (Å²) >= 11 is 9.41. The molecule has 30 heavy (non-hydrogen) atoms. The van der Waals surface area contributed by atoms with Gasteiger partial charge in [-0.3, -0.25) is 14.9 Å². The number of urea groups is 1. The van der Waals surface area contributed by atoms with Crippen LogP contribution in [0.5, 0.6) is 11.5 Å². The first-order valence-electron chi connectivity index (χ1n) is 9.11. The largest absolute Gasteiger partial charge is 0.490 e. The van der Waals surface area contributed by atoms with Crippen molar-refractivity contribution in [2.75, 3.05) is 18.1 Å². The third kappa shape index (κ3) is 4.49. The van der Waals surface area contributed by atoms with Crippen LogP contribution in [0.3, 0.4) is 0 Å². The fraction of sp³-hybridized carbons (Fsp3) is 0.190. The van der Waals surface area contributed by atoms with Gasteiger partial charge in [0.15, 0.2) is 11.5 Å². The number of hydrogen-bond acceptors (Lipinski definition) is 5. The molecular weight excluding hydrogens is 476 g/mol. The van der Waals surface area contributed by atoms with Crippen molar-refractivity contribution in [3.05, 3.63) is 57.0 Å². The van der Waals surface area contributed by atoms with Crippen LogP contribution in [0.2, 0.25) is 5.02 Å². The Balaban J connectivity index is 2.04. The molecule has 0 atom stereocenters. The lowest BCUT2D eigenvalue weighted by Crippen LogP contribution is -2.54.